The van der Waals surface area contributed by atoms with Gasteiger partial charge in [-0.3, -0.25) is 0 Å². The van der Waals surface area contributed by atoms with E-state index in [1.165, 1.54) is 0 Å². The Balaban J connectivity index is 3.17. The molecular weight excluding hydrogens is 180 g/mol. The van der Waals surface area contributed by atoms with Gasteiger partial charge in [0.05, 0.1) is 19.8 Å². The molecule has 0 fully saturated rings. The smallest absolute Gasteiger partial charge is 0.101 e. The lowest BCUT2D eigenvalue weighted by Gasteiger charge is -2.11. The lowest BCUT2D eigenvalue weighted by Crippen LogP contribution is -2.22. The number of hydrogen-bond acceptors (Lipinski definition) is 3. The highest BCUT2D eigenvalue weighted by Gasteiger charge is 2.03. The van der Waals surface area contributed by atoms with Gasteiger partial charge in [0.1, 0.15) is 6.10 Å². The van der Waals surface area contributed by atoms with Crippen LogP contribution in [0.4, 0.5) is 0 Å². The van der Waals surface area contributed by atoms with Gasteiger partial charge in [-0.1, -0.05) is 19.9 Å². The van der Waals surface area contributed by atoms with Crippen LogP contribution in [0.3, 0.4) is 0 Å². The minimum Gasteiger partial charge on any atom is -0.388 e. The van der Waals surface area contributed by atoms with E-state index < -0.39 is 6.10 Å². The maximum atomic E-state index is 9.36. The first kappa shape index (κ1) is 13.6. The summed E-state index contributed by atoms with van der Waals surface area (Å²) in [5, 5.41) is 9.36. The van der Waals surface area contributed by atoms with E-state index in [-0.39, 0.29) is 0 Å². The van der Waals surface area contributed by atoms with Crippen LogP contribution in [0.25, 0.3) is 0 Å². The fourth-order valence-electron chi connectivity index (χ4n) is 0.874. The zero-order valence-corrected chi connectivity index (χ0v) is 9.24. The number of rotatable bonds is 9. The van der Waals surface area contributed by atoms with Gasteiger partial charge in [-0.2, -0.15) is 0 Å². The molecule has 84 valence electrons. The Morgan fingerprint density at radius 3 is 2.50 bits per heavy atom. The zero-order chi connectivity index (χ0) is 10.8. The third-order valence-electron chi connectivity index (χ3n) is 1.70. The molecule has 3 nitrogen and oxygen atoms in total. The average Bonchev–Trinajstić information content (AvgIpc) is 2.13. The molecule has 0 saturated carbocycles. The summed E-state index contributed by atoms with van der Waals surface area (Å²) in [4.78, 5) is 0. The monoisotopic (exact) mass is 202 g/mol. The third kappa shape index (κ3) is 9.71. The van der Waals surface area contributed by atoms with Crippen LogP contribution in [-0.2, 0) is 9.47 Å². The molecule has 0 aromatic heterocycles. The van der Waals surface area contributed by atoms with Gasteiger partial charge in [-0.25, -0.2) is 0 Å². The first-order valence-electron chi connectivity index (χ1n) is 5.11. The van der Waals surface area contributed by atoms with E-state index >= 15 is 0 Å². The maximum Gasteiger partial charge on any atom is 0.101 e. The Morgan fingerprint density at radius 2 is 1.93 bits per heavy atom. The van der Waals surface area contributed by atoms with Gasteiger partial charge in [0.2, 0.25) is 0 Å². The number of aliphatic hydroxyl groups excluding tert-OH is 1. The van der Waals surface area contributed by atoms with E-state index in [1.54, 1.807) is 6.08 Å². The standard InChI is InChI=1S/C11H22O3/c1-4-6-13-8-11(12)9-14-7-5-10(2)3/h4,10-12H,1,5-9H2,2-3H3. The highest BCUT2D eigenvalue weighted by molar-refractivity contribution is 4.64. The van der Waals surface area contributed by atoms with Crippen molar-refractivity contribution in [2.45, 2.75) is 26.4 Å². The molecule has 0 spiro atoms. The normalized spacial score (nSPS) is 13.1. The minimum atomic E-state index is -0.526. The molecule has 0 amide bonds. The van der Waals surface area contributed by atoms with Crippen LogP contribution < -0.4 is 0 Å². The Morgan fingerprint density at radius 1 is 1.29 bits per heavy atom. The Hall–Kier alpha value is -0.380. The van der Waals surface area contributed by atoms with Gasteiger partial charge in [0.25, 0.3) is 0 Å². The van der Waals surface area contributed by atoms with Crippen molar-refractivity contribution in [3.63, 3.8) is 0 Å². The van der Waals surface area contributed by atoms with E-state index in [0.717, 1.165) is 6.42 Å². The summed E-state index contributed by atoms with van der Waals surface area (Å²) in [5.41, 5.74) is 0. The van der Waals surface area contributed by atoms with Gasteiger partial charge in [0, 0.05) is 6.61 Å². The molecule has 14 heavy (non-hydrogen) atoms. The molecule has 0 saturated heterocycles. The van der Waals surface area contributed by atoms with E-state index in [4.69, 9.17) is 9.47 Å². The molecule has 0 bridgehead atoms. The molecule has 0 aromatic rings. The molecule has 1 unspecified atom stereocenters. The summed E-state index contributed by atoms with van der Waals surface area (Å²) < 4.78 is 10.4. The molecule has 3 heteroatoms. The molecular formula is C11H22O3. The van der Waals surface area contributed by atoms with Crippen LogP contribution in [0.2, 0.25) is 0 Å². The van der Waals surface area contributed by atoms with Gasteiger partial charge in [-0.15, -0.1) is 6.58 Å². The second kappa shape index (κ2) is 9.19. The summed E-state index contributed by atoms with van der Waals surface area (Å²) in [7, 11) is 0. The molecule has 1 atom stereocenters. The predicted octanol–water partition coefficient (Wildman–Crippen LogP) is 1.61. The van der Waals surface area contributed by atoms with Crippen molar-refractivity contribution in [2.75, 3.05) is 26.4 Å². The molecule has 0 aliphatic rings. The van der Waals surface area contributed by atoms with Gasteiger partial charge >= 0.3 is 0 Å². The van der Waals surface area contributed by atoms with Crippen LogP contribution in [0.15, 0.2) is 12.7 Å². The van der Waals surface area contributed by atoms with Gasteiger partial charge in [-0.05, 0) is 12.3 Å². The maximum absolute atomic E-state index is 9.36. The highest BCUT2D eigenvalue weighted by Crippen LogP contribution is 1.99. The molecule has 0 aliphatic heterocycles. The quantitative estimate of drug-likeness (QED) is 0.456. The molecule has 0 rings (SSSR count). The predicted molar refractivity (Wildman–Crippen MR) is 57.3 cm³/mol. The Bertz CT molecular complexity index is 134. The largest absolute Gasteiger partial charge is 0.388 e. The summed E-state index contributed by atoms with van der Waals surface area (Å²) in [6.07, 6.45) is 2.16. The first-order chi connectivity index (χ1) is 6.66. The summed E-state index contributed by atoms with van der Waals surface area (Å²) in [6.45, 7) is 9.65. The van der Waals surface area contributed by atoms with Crippen molar-refractivity contribution >= 4 is 0 Å². The zero-order valence-electron chi connectivity index (χ0n) is 9.24. The molecule has 0 radical (unpaired) electrons. The van der Waals surface area contributed by atoms with Crippen LogP contribution in [-0.4, -0.2) is 37.6 Å². The second-order valence-electron chi connectivity index (χ2n) is 3.74. The fourth-order valence-corrected chi connectivity index (χ4v) is 0.874. The molecule has 0 aromatic carbocycles. The van der Waals surface area contributed by atoms with Crippen molar-refractivity contribution in [2.24, 2.45) is 5.92 Å². The SMILES string of the molecule is C=CCOCC(O)COCCC(C)C. The Labute approximate surface area is 86.7 Å². The average molecular weight is 202 g/mol. The lowest BCUT2D eigenvalue weighted by molar-refractivity contribution is -0.0149. The highest BCUT2D eigenvalue weighted by atomic mass is 16.5. The van der Waals surface area contributed by atoms with Crippen LogP contribution in [0.5, 0.6) is 0 Å². The molecule has 1 N–H and O–H groups in total. The van der Waals surface area contributed by atoms with E-state index in [0.29, 0.717) is 32.3 Å². The summed E-state index contributed by atoms with van der Waals surface area (Å²) in [5.74, 6) is 0.643. The van der Waals surface area contributed by atoms with Crippen LogP contribution >= 0.6 is 0 Å². The van der Waals surface area contributed by atoms with Crippen molar-refractivity contribution < 1.29 is 14.6 Å². The van der Waals surface area contributed by atoms with E-state index in [1.807, 2.05) is 0 Å². The lowest BCUT2D eigenvalue weighted by atomic mass is 10.1. The first-order valence-corrected chi connectivity index (χ1v) is 5.11. The Kier molecular flexibility index (Phi) is 8.94. The van der Waals surface area contributed by atoms with Gasteiger partial charge < -0.3 is 14.6 Å². The van der Waals surface area contributed by atoms with Crippen LogP contribution in [0.1, 0.15) is 20.3 Å². The van der Waals surface area contributed by atoms with Crippen molar-refractivity contribution in [1.82, 2.24) is 0 Å². The summed E-state index contributed by atoms with van der Waals surface area (Å²) in [6, 6.07) is 0. The van der Waals surface area contributed by atoms with E-state index in [9.17, 15) is 5.11 Å². The van der Waals surface area contributed by atoms with Crippen LogP contribution in [0, 0.1) is 5.92 Å². The fraction of sp³-hybridized carbons (Fsp3) is 0.818. The van der Waals surface area contributed by atoms with E-state index in [2.05, 4.69) is 20.4 Å². The second-order valence-corrected chi connectivity index (χ2v) is 3.74. The van der Waals surface area contributed by atoms with Gasteiger partial charge in [0.15, 0.2) is 0 Å². The number of aliphatic hydroxyl groups is 1. The van der Waals surface area contributed by atoms with Crippen molar-refractivity contribution in [3.05, 3.63) is 12.7 Å². The molecule has 0 heterocycles. The number of ether oxygens (including phenoxy) is 2. The number of hydrogen-bond donors (Lipinski definition) is 1. The third-order valence-corrected chi connectivity index (χ3v) is 1.70. The minimum absolute atomic E-state index is 0.313. The van der Waals surface area contributed by atoms with Crippen molar-refractivity contribution in [3.8, 4) is 0 Å². The van der Waals surface area contributed by atoms with Crippen molar-refractivity contribution in [1.29, 1.82) is 0 Å². The topological polar surface area (TPSA) is 38.7 Å². The molecule has 0 aliphatic carbocycles. The summed E-state index contributed by atoms with van der Waals surface area (Å²) >= 11 is 0.